The minimum atomic E-state index is 1.03. The standard InChI is InChI=1S/C32H23NS2/c1-17-4-8-21(9-5-17)33-27-12-18(2)7-11-23(27)32-30(33)26-15-20-14-25-22-10-6-19(3)13-28(22)34-31(25)24(20)16-29(26)35-32/h4-13,15-16H,14H2,1-3H3. The average molecular weight is 486 g/mol. The monoisotopic (exact) mass is 485 g/mol. The van der Waals surface area contributed by atoms with Crippen LogP contribution in [-0.4, -0.2) is 4.57 Å². The van der Waals surface area contributed by atoms with E-state index in [-0.39, 0.29) is 0 Å². The quantitative estimate of drug-likeness (QED) is 0.218. The van der Waals surface area contributed by atoms with Crippen molar-refractivity contribution in [2.24, 2.45) is 0 Å². The molecule has 3 heteroatoms. The zero-order chi connectivity index (χ0) is 23.4. The van der Waals surface area contributed by atoms with E-state index in [1.807, 2.05) is 22.7 Å². The van der Waals surface area contributed by atoms with Gasteiger partial charge in [-0.15, -0.1) is 22.7 Å². The van der Waals surface area contributed by atoms with Gasteiger partial charge in [-0.05, 0) is 90.4 Å². The first-order valence-electron chi connectivity index (χ1n) is 12.1. The van der Waals surface area contributed by atoms with Crippen molar-refractivity contribution in [2.75, 3.05) is 0 Å². The number of hydrogen-bond donors (Lipinski definition) is 0. The molecule has 0 spiro atoms. The van der Waals surface area contributed by atoms with E-state index in [4.69, 9.17) is 0 Å². The van der Waals surface area contributed by atoms with Crippen LogP contribution in [0.3, 0.4) is 0 Å². The molecule has 0 aliphatic heterocycles. The van der Waals surface area contributed by atoms with Crippen LogP contribution in [0, 0.1) is 20.8 Å². The van der Waals surface area contributed by atoms with Crippen molar-refractivity contribution in [3.63, 3.8) is 0 Å². The molecular weight excluding hydrogens is 462 g/mol. The van der Waals surface area contributed by atoms with Gasteiger partial charge in [0.15, 0.2) is 0 Å². The highest BCUT2D eigenvalue weighted by atomic mass is 32.1. The summed E-state index contributed by atoms with van der Waals surface area (Å²) in [6.07, 6.45) is 1.03. The lowest BCUT2D eigenvalue weighted by Crippen LogP contribution is -1.94. The van der Waals surface area contributed by atoms with E-state index in [9.17, 15) is 0 Å². The Kier molecular flexibility index (Phi) is 3.88. The van der Waals surface area contributed by atoms with E-state index in [0.29, 0.717) is 0 Å². The molecule has 0 saturated carbocycles. The van der Waals surface area contributed by atoms with Crippen LogP contribution in [0.2, 0.25) is 0 Å². The summed E-state index contributed by atoms with van der Waals surface area (Å²) in [4.78, 5) is 1.47. The van der Waals surface area contributed by atoms with Crippen molar-refractivity contribution in [1.82, 2.24) is 4.57 Å². The first-order valence-corrected chi connectivity index (χ1v) is 13.8. The van der Waals surface area contributed by atoms with Crippen molar-refractivity contribution >= 4 is 64.0 Å². The van der Waals surface area contributed by atoms with Gasteiger partial charge in [0.05, 0.1) is 15.7 Å². The number of thiophene rings is 2. The van der Waals surface area contributed by atoms with Gasteiger partial charge in [-0.2, -0.15) is 0 Å². The van der Waals surface area contributed by atoms with Gasteiger partial charge in [0.25, 0.3) is 0 Å². The molecule has 8 rings (SSSR count). The smallest absolute Gasteiger partial charge is 0.0727 e. The molecule has 0 N–H and O–H groups in total. The number of aromatic nitrogens is 1. The molecule has 1 aliphatic carbocycles. The van der Waals surface area contributed by atoms with Crippen molar-refractivity contribution in [2.45, 2.75) is 27.2 Å². The van der Waals surface area contributed by atoms with Gasteiger partial charge in [-0.1, -0.05) is 42.0 Å². The molecule has 35 heavy (non-hydrogen) atoms. The van der Waals surface area contributed by atoms with Crippen LogP contribution in [0.1, 0.15) is 27.8 Å². The van der Waals surface area contributed by atoms with Gasteiger partial charge in [0.2, 0.25) is 0 Å². The molecule has 0 radical (unpaired) electrons. The van der Waals surface area contributed by atoms with Gasteiger partial charge in [-0.3, -0.25) is 0 Å². The normalized spacial score (nSPS) is 12.9. The summed E-state index contributed by atoms with van der Waals surface area (Å²) in [6.45, 7) is 6.54. The lowest BCUT2D eigenvalue weighted by Gasteiger charge is -2.09. The predicted molar refractivity (Wildman–Crippen MR) is 154 cm³/mol. The maximum Gasteiger partial charge on any atom is 0.0727 e. The summed E-state index contributed by atoms with van der Waals surface area (Å²) >= 11 is 3.92. The van der Waals surface area contributed by atoms with Gasteiger partial charge in [0.1, 0.15) is 0 Å². The lowest BCUT2D eigenvalue weighted by atomic mass is 10.1. The fourth-order valence-electron chi connectivity index (χ4n) is 5.88. The Hall–Kier alpha value is -3.40. The molecule has 0 amide bonds. The van der Waals surface area contributed by atoms with Gasteiger partial charge >= 0.3 is 0 Å². The van der Waals surface area contributed by atoms with Crippen LogP contribution < -0.4 is 0 Å². The van der Waals surface area contributed by atoms with E-state index in [1.165, 1.54) is 85.2 Å². The third kappa shape index (κ3) is 2.68. The Morgan fingerprint density at radius 2 is 1.37 bits per heavy atom. The van der Waals surface area contributed by atoms with Crippen LogP contribution in [0.25, 0.3) is 57.4 Å². The van der Waals surface area contributed by atoms with Crippen molar-refractivity contribution in [3.05, 3.63) is 101 Å². The molecule has 0 atom stereocenters. The Bertz CT molecular complexity index is 1990. The topological polar surface area (TPSA) is 4.93 Å². The predicted octanol–water partition coefficient (Wildman–Crippen LogP) is 9.71. The van der Waals surface area contributed by atoms with Crippen LogP contribution in [-0.2, 0) is 6.42 Å². The second kappa shape index (κ2) is 6.84. The molecule has 7 aromatic rings. The van der Waals surface area contributed by atoms with Crippen LogP contribution in [0.4, 0.5) is 0 Å². The summed E-state index contributed by atoms with van der Waals surface area (Å²) in [6, 6.07) is 27.8. The van der Waals surface area contributed by atoms with Crippen molar-refractivity contribution in [1.29, 1.82) is 0 Å². The second-order valence-electron chi connectivity index (χ2n) is 10.1. The number of benzene rings is 4. The van der Waals surface area contributed by atoms with E-state index < -0.39 is 0 Å². The van der Waals surface area contributed by atoms with E-state index in [1.54, 1.807) is 0 Å². The molecule has 0 fully saturated rings. The molecule has 168 valence electrons. The maximum atomic E-state index is 2.49. The van der Waals surface area contributed by atoms with E-state index in [0.717, 1.165) is 6.42 Å². The van der Waals surface area contributed by atoms with Gasteiger partial charge in [0, 0.05) is 37.2 Å². The molecule has 4 aromatic carbocycles. The Labute approximate surface area is 211 Å². The second-order valence-corrected chi connectivity index (χ2v) is 12.2. The summed E-state index contributed by atoms with van der Waals surface area (Å²) < 4.78 is 6.69. The summed E-state index contributed by atoms with van der Waals surface area (Å²) in [5.74, 6) is 0. The summed E-state index contributed by atoms with van der Waals surface area (Å²) in [5, 5.41) is 4.17. The van der Waals surface area contributed by atoms with Crippen molar-refractivity contribution in [3.8, 4) is 16.1 Å². The van der Waals surface area contributed by atoms with Crippen molar-refractivity contribution < 1.29 is 0 Å². The van der Waals surface area contributed by atoms with E-state index in [2.05, 4.69) is 98.1 Å². The number of hydrogen-bond acceptors (Lipinski definition) is 2. The number of nitrogens with zero attached hydrogens (tertiary/aromatic N) is 1. The minimum absolute atomic E-state index is 1.03. The number of rotatable bonds is 1. The Morgan fingerprint density at radius 3 is 2.20 bits per heavy atom. The van der Waals surface area contributed by atoms with Gasteiger partial charge < -0.3 is 4.57 Å². The Morgan fingerprint density at radius 1 is 0.657 bits per heavy atom. The van der Waals surface area contributed by atoms with Gasteiger partial charge in [-0.25, -0.2) is 0 Å². The third-order valence-corrected chi connectivity index (χ3v) is 10.0. The molecule has 0 bridgehead atoms. The fraction of sp³-hybridized carbons (Fsp3) is 0.125. The highest BCUT2D eigenvalue weighted by Gasteiger charge is 2.26. The molecule has 0 saturated heterocycles. The zero-order valence-electron chi connectivity index (χ0n) is 19.9. The molecule has 3 heterocycles. The zero-order valence-corrected chi connectivity index (χ0v) is 21.5. The Balaban J connectivity index is 1.45. The fourth-order valence-corrected chi connectivity index (χ4v) is 8.49. The van der Waals surface area contributed by atoms with E-state index >= 15 is 0 Å². The number of aryl methyl sites for hydroxylation is 3. The molecule has 1 nitrogen and oxygen atoms in total. The number of fused-ring (bicyclic) bond motifs is 10. The average Bonchev–Trinajstić information content (AvgIpc) is 3.55. The first-order chi connectivity index (χ1) is 17.0. The highest BCUT2D eigenvalue weighted by molar-refractivity contribution is 7.27. The summed E-state index contributed by atoms with van der Waals surface area (Å²) in [5.41, 5.74) is 12.3. The molecular formula is C32H23NS2. The SMILES string of the molecule is Cc1ccc(-n2c3cc(C)ccc3c3sc4cc5c(cc4c32)Cc2c-5sc3cc(C)ccc23)cc1. The van der Waals surface area contributed by atoms with Crippen LogP contribution in [0.5, 0.6) is 0 Å². The molecule has 0 unspecified atom stereocenters. The van der Waals surface area contributed by atoms with Crippen LogP contribution in [0.15, 0.2) is 72.8 Å². The van der Waals surface area contributed by atoms with Crippen LogP contribution >= 0.6 is 22.7 Å². The highest BCUT2D eigenvalue weighted by Crippen LogP contribution is 2.50. The minimum Gasteiger partial charge on any atom is -0.308 e. The molecule has 3 aromatic heterocycles. The third-order valence-electron chi connectivity index (χ3n) is 7.60. The summed E-state index contributed by atoms with van der Waals surface area (Å²) in [7, 11) is 0. The maximum absolute atomic E-state index is 2.49. The largest absolute Gasteiger partial charge is 0.308 e. The lowest BCUT2D eigenvalue weighted by molar-refractivity contribution is 1.18. The molecule has 1 aliphatic rings. The first kappa shape index (κ1) is 19.9.